The Balaban J connectivity index is 1.92. The van der Waals surface area contributed by atoms with E-state index < -0.39 is 44.5 Å². The first-order valence-electron chi connectivity index (χ1n) is 6.84. The zero-order valence-electron chi connectivity index (χ0n) is 12.4. The lowest BCUT2D eigenvalue weighted by molar-refractivity contribution is -0.745. The Hall–Kier alpha value is -1.66. The summed E-state index contributed by atoms with van der Waals surface area (Å²) in [5.74, 6) is 0. The van der Waals surface area contributed by atoms with E-state index in [0.717, 1.165) is 0 Å². The number of aliphatic hydroxyl groups is 2. The average Bonchev–Trinajstić information content (AvgIpc) is 2.96. The lowest BCUT2D eigenvalue weighted by Gasteiger charge is -2.14. The van der Waals surface area contributed by atoms with Gasteiger partial charge in [-0.25, -0.2) is 9.13 Å². The third-order valence-corrected chi connectivity index (χ3v) is 4.21. The van der Waals surface area contributed by atoms with Gasteiger partial charge in [0.05, 0.1) is 13.7 Å². The van der Waals surface area contributed by atoms with Crippen molar-refractivity contribution in [3.05, 3.63) is 23.0 Å². The second-order valence-corrected chi connectivity index (χ2v) is 6.61. The molecule has 0 bridgehead atoms. The summed E-state index contributed by atoms with van der Waals surface area (Å²) in [4.78, 5) is 35.8. The number of aromatic amines is 1. The summed E-state index contributed by atoms with van der Waals surface area (Å²) in [5.41, 5.74) is 0.0578. The van der Waals surface area contributed by atoms with Crippen molar-refractivity contribution in [3.8, 4) is 0 Å². The number of hydrogen-bond acceptors (Lipinski definition) is 7. The Bertz CT molecular complexity index is 859. The molecule has 2 aromatic rings. The number of hydrogen-bond donors (Lipinski definition) is 5. The number of aryl methyl sites for hydroxylation is 1. The molecule has 1 fully saturated rings. The van der Waals surface area contributed by atoms with Crippen LogP contribution >= 0.6 is 7.82 Å². The van der Waals surface area contributed by atoms with Gasteiger partial charge in [-0.05, 0) is 0 Å². The van der Waals surface area contributed by atoms with Crippen LogP contribution in [-0.2, 0) is 20.9 Å². The van der Waals surface area contributed by atoms with E-state index in [9.17, 15) is 19.6 Å². The summed E-state index contributed by atoms with van der Waals surface area (Å²) in [7, 11) is -3.14. The molecule has 2 aromatic heterocycles. The van der Waals surface area contributed by atoms with Crippen molar-refractivity contribution in [2.24, 2.45) is 7.05 Å². The average molecular weight is 363 g/mol. The van der Waals surface area contributed by atoms with E-state index in [0.29, 0.717) is 0 Å². The maximum absolute atomic E-state index is 11.9. The van der Waals surface area contributed by atoms with E-state index in [1.54, 1.807) is 7.05 Å². The van der Waals surface area contributed by atoms with Crippen LogP contribution in [0.25, 0.3) is 11.2 Å². The summed E-state index contributed by atoms with van der Waals surface area (Å²) in [6.45, 7) is -0.613. The molecule has 5 N–H and O–H groups in total. The first-order chi connectivity index (χ1) is 11.2. The molecular weight excluding hydrogens is 347 g/mol. The second-order valence-electron chi connectivity index (χ2n) is 5.37. The van der Waals surface area contributed by atoms with Gasteiger partial charge in [0.1, 0.15) is 18.3 Å². The minimum atomic E-state index is -4.74. The van der Waals surface area contributed by atoms with Crippen molar-refractivity contribution in [2.75, 3.05) is 6.61 Å². The number of nitrogens with zero attached hydrogens (tertiary/aromatic N) is 3. The van der Waals surface area contributed by atoms with Crippen LogP contribution in [-0.4, -0.2) is 59.5 Å². The number of phosphoric acid groups is 1. The van der Waals surface area contributed by atoms with E-state index in [1.165, 1.54) is 21.8 Å². The van der Waals surface area contributed by atoms with Gasteiger partial charge >= 0.3 is 13.5 Å². The van der Waals surface area contributed by atoms with Crippen LogP contribution in [0.15, 0.2) is 17.4 Å². The molecule has 132 valence electrons. The predicted octanol–water partition coefficient (Wildman–Crippen LogP) is -2.72. The highest BCUT2D eigenvalue weighted by molar-refractivity contribution is 7.46. The van der Waals surface area contributed by atoms with Crippen molar-refractivity contribution < 1.29 is 38.4 Å². The maximum atomic E-state index is 11.9. The van der Waals surface area contributed by atoms with Crippen molar-refractivity contribution in [1.82, 2.24) is 14.5 Å². The van der Waals surface area contributed by atoms with E-state index in [1.807, 2.05) is 0 Å². The smallest absolute Gasteiger partial charge is 0.387 e. The molecule has 4 atom stereocenters. The molecule has 0 aliphatic carbocycles. The lowest BCUT2D eigenvalue weighted by atomic mass is 10.1. The van der Waals surface area contributed by atoms with Gasteiger partial charge in [-0.3, -0.25) is 18.9 Å². The maximum Gasteiger partial charge on any atom is 0.469 e. The Kier molecular flexibility index (Phi) is 4.30. The Morgan fingerprint density at radius 3 is 2.83 bits per heavy atom. The van der Waals surface area contributed by atoms with Gasteiger partial charge in [-0.2, -0.15) is 0 Å². The largest absolute Gasteiger partial charge is 0.469 e. The SMILES string of the molecule is Cn1c[n+](C2OC(COP(=O)(O)O)C(O)C2O)c2nc[nH]c(=O)c21. The number of nitrogens with one attached hydrogen (secondary N) is 1. The van der Waals surface area contributed by atoms with Gasteiger partial charge in [-0.1, -0.05) is 4.98 Å². The highest BCUT2D eigenvalue weighted by atomic mass is 31.2. The van der Waals surface area contributed by atoms with Crippen molar-refractivity contribution >= 4 is 19.0 Å². The van der Waals surface area contributed by atoms with Crippen LogP contribution in [0.4, 0.5) is 0 Å². The number of aromatic nitrogens is 4. The normalized spacial score (nSPS) is 27.9. The van der Waals surface area contributed by atoms with Gasteiger partial charge in [0.25, 0.3) is 5.56 Å². The third-order valence-electron chi connectivity index (χ3n) is 3.72. The highest BCUT2D eigenvalue weighted by Gasteiger charge is 2.47. The highest BCUT2D eigenvalue weighted by Crippen LogP contribution is 2.37. The quantitative estimate of drug-likeness (QED) is 0.286. The van der Waals surface area contributed by atoms with E-state index in [2.05, 4.69) is 14.5 Å². The van der Waals surface area contributed by atoms with E-state index in [-0.39, 0.29) is 11.2 Å². The van der Waals surface area contributed by atoms with Gasteiger partial charge in [0.2, 0.25) is 11.7 Å². The summed E-state index contributed by atoms with van der Waals surface area (Å²) in [5, 5.41) is 20.2. The molecule has 0 aromatic carbocycles. The van der Waals surface area contributed by atoms with E-state index >= 15 is 0 Å². The fourth-order valence-electron chi connectivity index (χ4n) is 2.64. The van der Waals surface area contributed by atoms with Crippen LogP contribution in [0.2, 0.25) is 0 Å². The number of phosphoric ester groups is 1. The van der Waals surface area contributed by atoms with Crippen LogP contribution < -0.4 is 10.1 Å². The predicted molar refractivity (Wildman–Crippen MR) is 75.4 cm³/mol. The summed E-state index contributed by atoms with van der Waals surface area (Å²) in [6, 6.07) is 0. The van der Waals surface area contributed by atoms with E-state index in [4.69, 9.17) is 14.5 Å². The number of imidazole rings is 1. The first-order valence-corrected chi connectivity index (χ1v) is 8.37. The molecule has 1 aliphatic rings. The molecular formula is C11H16N4O8P+. The monoisotopic (exact) mass is 363 g/mol. The first kappa shape index (κ1) is 17.2. The molecule has 1 aliphatic heterocycles. The van der Waals surface area contributed by atoms with Crippen molar-refractivity contribution in [2.45, 2.75) is 24.5 Å². The zero-order valence-corrected chi connectivity index (χ0v) is 13.3. The number of rotatable bonds is 4. The molecule has 13 heteroatoms. The molecule has 4 unspecified atom stereocenters. The molecule has 0 amide bonds. The number of fused-ring (bicyclic) bond motifs is 1. The van der Waals surface area contributed by atoms with Crippen molar-refractivity contribution in [3.63, 3.8) is 0 Å². The fourth-order valence-corrected chi connectivity index (χ4v) is 2.98. The lowest BCUT2D eigenvalue weighted by Crippen LogP contribution is -2.46. The fraction of sp³-hybridized carbons (Fsp3) is 0.545. The second kappa shape index (κ2) is 6.01. The van der Waals surface area contributed by atoms with Gasteiger partial charge in [0.15, 0.2) is 12.7 Å². The molecule has 0 radical (unpaired) electrons. The molecule has 1 saturated heterocycles. The van der Waals surface area contributed by atoms with Crippen LogP contribution in [0.1, 0.15) is 6.23 Å². The molecule has 24 heavy (non-hydrogen) atoms. The summed E-state index contributed by atoms with van der Waals surface area (Å²) in [6.07, 6.45) is -2.48. The molecule has 3 heterocycles. The third kappa shape index (κ3) is 3.00. The Morgan fingerprint density at radius 2 is 2.17 bits per heavy atom. The molecule has 12 nitrogen and oxygen atoms in total. The minimum Gasteiger partial charge on any atom is -0.387 e. The Morgan fingerprint density at radius 1 is 1.46 bits per heavy atom. The van der Waals surface area contributed by atoms with Crippen LogP contribution in [0.5, 0.6) is 0 Å². The topological polar surface area (TPSA) is 171 Å². The Labute approximate surface area is 134 Å². The standard InChI is InChI=1S/C11H15N4O8P/c1-14-4-15(9-6(14)10(18)13-3-12-9)11-8(17)7(16)5(23-11)2-22-24(19,20)21/h3-5,7-8,11,16-17H,2H2,1H3,(H2-,12,13,18,19,20,21)/p+1. The molecule has 0 spiro atoms. The number of H-pyrrole nitrogens is 1. The van der Waals surface area contributed by atoms with Crippen molar-refractivity contribution in [1.29, 1.82) is 0 Å². The summed E-state index contributed by atoms with van der Waals surface area (Å²) < 4.78 is 23.4. The number of ether oxygens (including phenoxy) is 1. The molecule has 0 saturated carbocycles. The summed E-state index contributed by atoms with van der Waals surface area (Å²) >= 11 is 0. The van der Waals surface area contributed by atoms with Crippen LogP contribution in [0.3, 0.4) is 0 Å². The minimum absolute atomic E-state index is 0.217. The zero-order chi connectivity index (χ0) is 17.6. The van der Waals surface area contributed by atoms with Gasteiger partial charge in [-0.15, -0.1) is 0 Å². The van der Waals surface area contributed by atoms with Crippen LogP contribution in [0, 0.1) is 0 Å². The van der Waals surface area contributed by atoms with Gasteiger partial charge in [0, 0.05) is 0 Å². The van der Waals surface area contributed by atoms with Gasteiger partial charge < -0.3 is 24.7 Å². The molecule has 3 rings (SSSR count). The number of aliphatic hydroxyl groups excluding tert-OH is 2.